The van der Waals surface area contributed by atoms with Crippen molar-refractivity contribution < 1.29 is 33.1 Å². The number of nitrogens with zero attached hydrogens (tertiary/aromatic N) is 3. The molecule has 1 fully saturated rings. The van der Waals surface area contributed by atoms with E-state index in [1.807, 2.05) is 18.2 Å². The third-order valence-corrected chi connectivity index (χ3v) is 5.94. The summed E-state index contributed by atoms with van der Waals surface area (Å²) < 4.78 is 21.0. The number of likely N-dealkylation sites (tertiary alicyclic amines) is 1. The molecule has 0 unspecified atom stereocenters. The van der Waals surface area contributed by atoms with Gasteiger partial charge in [-0.2, -0.15) is 0 Å². The van der Waals surface area contributed by atoms with E-state index in [2.05, 4.69) is 5.16 Å². The first-order valence-electron chi connectivity index (χ1n) is 11.8. The van der Waals surface area contributed by atoms with Gasteiger partial charge in [0.1, 0.15) is 5.75 Å². The number of ether oxygens (including phenoxy) is 3. The number of aromatic nitrogens is 1. The smallest absolute Gasteiger partial charge is 0.310 e. The number of hydrogen-bond acceptors (Lipinski definition) is 8. The largest absolute Gasteiger partial charge is 0.496 e. The van der Waals surface area contributed by atoms with Crippen LogP contribution in [0.15, 0.2) is 34.9 Å². The standard InChI is InChI=1S/C25H33N3O7/c1-4-34-25(31)18-8-7-12-28(17-18)23(29)11-13-27(14-15-32-2)24(30)20-16-22(35-26-20)19-9-5-6-10-21(19)33-3/h5-6,9-10,16,18H,4,7-8,11-15,17H2,1-3H3/t18-/m0/s1. The zero-order chi connectivity index (χ0) is 25.2. The van der Waals surface area contributed by atoms with Gasteiger partial charge in [0.25, 0.3) is 5.91 Å². The van der Waals surface area contributed by atoms with Crippen LogP contribution in [0.5, 0.6) is 5.75 Å². The van der Waals surface area contributed by atoms with Crippen LogP contribution in [0.1, 0.15) is 36.7 Å². The van der Waals surface area contributed by atoms with Crippen molar-refractivity contribution in [2.75, 3.05) is 53.6 Å². The first-order chi connectivity index (χ1) is 17.0. The number of esters is 1. The Morgan fingerprint density at radius 1 is 1.20 bits per heavy atom. The van der Waals surface area contributed by atoms with Crippen LogP contribution in [0, 0.1) is 5.92 Å². The van der Waals surface area contributed by atoms with Gasteiger partial charge in [0.2, 0.25) is 5.91 Å². The molecule has 1 aliphatic heterocycles. The van der Waals surface area contributed by atoms with Crippen LogP contribution in [0.25, 0.3) is 11.3 Å². The lowest BCUT2D eigenvalue weighted by Crippen LogP contribution is -2.44. The molecule has 10 heteroatoms. The summed E-state index contributed by atoms with van der Waals surface area (Å²) in [5.74, 6) is -0.0212. The summed E-state index contributed by atoms with van der Waals surface area (Å²) in [5.41, 5.74) is 0.816. The van der Waals surface area contributed by atoms with Crippen molar-refractivity contribution in [1.82, 2.24) is 15.0 Å². The minimum absolute atomic E-state index is 0.107. The van der Waals surface area contributed by atoms with E-state index in [0.29, 0.717) is 56.3 Å². The number of rotatable bonds is 11. The Hall–Kier alpha value is -3.40. The summed E-state index contributed by atoms with van der Waals surface area (Å²) >= 11 is 0. The second-order valence-electron chi connectivity index (χ2n) is 8.24. The molecule has 10 nitrogen and oxygen atoms in total. The number of benzene rings is 1. The van der Waals surface area contributed by atoms with Gasteiger partial charge in [-0.1, -0.05) is 17.3 Å². The highest BCUT2D eigenvalue weighted by Gasteiger charge is 2.30. The van der Waals surface area contributed by atoms with Crippen LogP contribution in [0.4, 0.5) is 0 Å². The molecule has 1 saturated heterocycles. The van der Waals surface area contributed by atoms with Crippen LogP contribution in [-0.2, 0) is 19.1 Å². The molecule has 35 heavy (non-hydrogen) atoms. The molecule has 3 rings (SSSR count). The fraction of sp³-hybridized carbons (Fsp3) is 0.520. The van der Waals surface area contributed by atoms with Gasteiger partial charge in [-0.15, -0.1) is 0 Å². The number of carbonyl (C=O) groups is 3. The predicted octanol–water partition coefficient (Wildman–Crippen LogP) is 2.63. The summed E-state index contributed by atoms with van der Waals surface area (Å²) in [5, 5.41) is 3.95. The summed E-state index contributed by atoms with van der Waals surface area (Å²) in [4.78, 5) is 41.4. The molecule has 0 saturated carbocycles. The molecule has 0 radical (unpaired) electrons. The molecule has 1 aliphatic rings. The molecular formula is C25H33N3O7. The van der Waals surface area contributed by atoms with Gasteiger partial charge in [-0.3, -0.25) is 14.4 Å². The monoisotopic (exact) mass is 487 g/mol. The molecule has 1 aromatic heterocycles. The second-order valence-corrected chi connectivity index (χ2v) is 8.24. The van der Waals surface area contributed by atoms with Gasteiger partial charge in [0.05, 0.1) is 31.8 Å². The van der Waals surface area contributed by atoms with E-state index in [1.165, 1.54) is 4.90 Å². The van der Waals surface area contributed by atoms with Crippen LogP contribution >= 0.6 is 0 Å². The minimum atomic E-state index is -0.359. The molecule has 0 bridgehead atoms. The second kappa shape index (κ2) is 12.9. The first-order valence-corrected chi connectivity index (χ1v) is 11.8. The number of methoxy groups -OCH3 is 2. The number of piperidine rings is 1. The molecule has 2 heterocycles. The Morgan fingerprint density at radius 3 is 2.74 bits per heavy atom. The Balaban J connectivity index is 1.65. The molecule has 0 aliphatic carbocycles. The van der Waals surface area contributed by atoms with Crippen LogP contribution in [0.2, 0.25) is 0 Å². The maximum atomic E-state index is 13.2. The number of amides is 2. The van der Waals surface area contributed by atoms with Gasteiger partial charge in [-0.05, 0) is 31.9 Å². The van der Waals surface area contributed by atoms with Crippen molar-refractivity contribution in [2.45, 2.75) is 26.2 Å². The predicted molar refractivity (Wildman–Crippen MR) is 127 cm³/mol. The van der Waals surface area contributed by atoms with E-state index in [1.54, 1.807) is 38.2 Å². The molecule has 0 N–H and O–H groups in total. The van der Waals surface area contributed by atoms with Crippen molar-refractivity contribution in [3.8, 4) is 17.1 Å². The molecule has 2 amide bonds. The van der Waals surface area contributed by atoms with Crippen molar-refractivity contribution in [2.24, 2.45) is 5.92 Å². The third-order valence-electron chi connectivity index (χ3n) is 5.94. The van der Waals surface area contributed by atoms with Crippen LogP contribution < -0.4 is 4.74 Å². The van der Waals surface area contributed by atoms with Crippen LogP contribution in [0.3, 0.4) is 0 Å². The highest BCUT2D eigenvalue weighted by molar-refractivity contribution is 5.93. The summed E-state index contributed by atoms with van der Waals surface area (Å²) in [6.07, 6.45) is 1.58. The minimum Gasteiger partial charge on any atom is -0.496 e. The van der Waals surface area contributed by atoms with Crippen molar-refractivity contribution in [3.63, 3.8) is 0 Å². The van der Waals surface area contributed by atoms with Crippen molar-refractivity contribution in [3.05, 3.63) is 36.0 Å². The van der Waals surface area contributed by atoms with Crippen molar-refractivity contribution >= 4 is 17.8 Å². The van der Waals surface area contributed by atoms with E-state index in [4.69, 9.17) is 18.7 Å². The van der Waals surface area contributed by atoms with Gasteiger partial charge < -0.3 is 28.5 Å². The average Bonchev–Trinajstić information content (AvgIpc) is 3.38. The molecule has 1 atom stereocenters. The van der Waals surface area contributed by atoms with Gasteiger partial charge in [0, 0.05) is 45.8 Å². The maximum Gasteiger partial charge on any atom is 0.310 e. The Kier molecular flexibility index (Phi) is 9.66. The Labute approximate surface area is 205 Å². The lowest BCUT2D eigenvalue weighted by Gasteiger charge is -2.32. The highest BCUT2D eigenvalue weighted by atomic mass is 16.5. The molecule has 2 aromatic rings. The summed E-state index contributed by atoms with van der Waals surface area (Å²) in [6.45, 7) is 3.82. The Morgan fingerprint density at radius 2 is 2.00 bits per heavy atom. The van der Waals surface area contributed by atoms with Gasteiger partial charge in [0.15, 0.2) is 11.5 Å². The molecule has 0 spiro atoms. The topological polar surface area (TPSA) is 111 Å². The molecule has 1 aromatic carbocycles. The number of hydrogen-bond donors (Lipinski definition) is 0. The third kappa shape index (κ3) is 6.82. The maximum absolute atomic E-state index is 13.2. The van der Waals surface area contributed by atoms with E-state index in [9.17, 15) is 14.4 Å². The average molecular weight is 488 g/mol. The van der Waals surface area contributed by atoms with Gasteiger partial charge in [-0.25, -0.2) is 0 Å². The lowest BCUT2D eigenvalue weighted by molar-refractivity contribution is -0.151. The number of carbonyl (C=O) groups excluding carboxylic acids is 3. The SMILES string of the molecule is CCOC(=O)[C@H]1CCCN(C(=O)CCN(CCOC)C(=O)c2cc(-c3ccccc3OC)on2)C1. The normalized spacial score (nSPS) is 15.5. The van der Waals surface area contributed by atoms with Crippen molar-refractivity contribution in [1.29, 1.82) is 0 Å². The lowest BCUT2D eigenvalue weighted by atomic mass is 9.98. The molecule has 190 valence electrons. The van der Waals surface area contributed by atoms with Gasteiger partial charge >= 0.3 is 5.97 Å². The van der Waals surface area contributed by atoms with E-state index in [-0.39, 0.29) is 42.4 Å². The summed E-state index contributed by atoms with van der Waals surface area (Å²) in [7, 11) is 3.11. The van der Waals surface area contributed by atoms with E-state index in [0.717, 1.165) is 6.42 Å². The molecular weight excluding hydrogens is 454 g/mol. The summed E-state index contributed by atoms with van der Waals surface area (Å²) in [6, 6.07) is 8.85. The number of para-hydroxylation sites is 1. The fourth-order valence-electron chi connectivity index (χ4n) is 4.07. The van der Waals surface area contributed by atoms with Crippen LogP contribution in [-0.4, -0.2) is 86.4 Å². The fourth-order valence-corrected chi connectivity index (χ4v) is 4.07. The highest BCUT2D eigenvalue weighted by Crippen LogP contribution is 2.30. The van der Waals surface area contributed by atoms with E-state index >= 15 is 0 Å². The van der Waals surface area contributed by atoms with E-state index < -0.39 is 0 Å². The quantitative estimate of drug-likeness (QED) is 0.445. The Bertz CT molecular complexity index is 1010. The zero-order valence-corrected chi connectivity index (χ0v) is 20.5. The first kappa shape index (κ1) is 26.2. The zero-order valence-electron chi connectivity index (χ0n) is 20.5.